The molecule has 0 saturated carbocycles. The molecule has 0 amide bonds. The third-order valence-electron chi connectivity index (χ3n) is 2.49. The molecule has 0 aromatic carbocycles. The summed E-state index contributed by atoms with van der Waals surface area (Å²) in [4.78, 5) is 4.34. The number of furan rings is 1. The number of nitrogens with zero attached hydrogens (tertiary/aromatic N) is 1. The Kier molecular flexibility index (Phi) is 2.94. The molecule has 0 saturated heterocycles. The van der Waals surface area contributed by atoms with E-state index in [4.69, 9.17) is 4.42 Å². The first-order chi connectivity index (χ1) is 7.25. The molecule has 0 aliphatic carbocycles. The number of hydrogen-bond donors (Lipinski definition) is 2. The molecule has 2 heterocycles. The van der Waals surface area contributed by atoms with E-state index < -0.39 is 0 Å². The van der Waals surface area contributed by atoms with Gasteiger partial charge in [-0.1, -0.05) is 0 Å². The molecule has 1 aliphatic heterocycles. The molecule has 1 aliphatic rings. The number of nitrogens with one attached hydrogen (secondary N) is 2. The van der Waals surface area contributed by atoms with Crippen molar-refractivity contribution < 1.29 is 4.42 Å². The van der Waals surface area contributed by atoms with Gasteiger partial charge in [0.2, 0.25) is 0 Å². The van der Waals surface area contributed by atoms with Crippen LogP contribution in [-0.4, -0.2) is 19.0 Å². The number of aliphatic imine (C=N–C) groups is 1. The van der Waals surface area contributed by atoms with E-state index in [1.807, 2.05) is 13.8 Å². The SMILES string of the molecule is Cc1cc(CNC2=NCCCN2)c(C)o1. The molecule has 0 unspecified atom stereocenters. The Bertz CT molecular complexity index is 368. The zero-order valence-electron chi connectivity index (χ0n) is 9.26. The van der Waals surface area contributed by atoms with Crippen molar-refractivity contribution in [3.8, 4) is 0 Å². The van der Waals surface area contributed by atoms with Crippen LogP contribution in [0.4, 0.5) is 0 Å². The molecule has 2 N–H and O–H groups in total. The highest BCUT2D eigenvalue weighted by molar-refractivity contribution is 5.80. The average molecular weight is 207 g/mol. The van der Waals surface area contributed by atoms with Gasteiger partial charge in [0.05, 0.1) is 0 Å². The summed E-state index contributed by atoms with van der Waals surface area (Å²) in [7, 11) is 0. The van der Waals surface area contributed by atoms with E-state index >= 15 is 0 Å². The maximum Gasteiger partial charge on any atom is 0.191 e. The van der Waals surface area contributed by atoms with Gasteiger partial charge in [0.25, 0.3) is 0 Å². The first-order valence-electron chi connectivity index (χ1n) is 5.34. The van der Waals surface area contributed by atoms with Crippen LogP contribution in [0, 0.1) is 13.8 Å². The van der Waals surface area contributed by atoms with Crippen LogP contribution in [0.3, 0.4) is 0 Å². The average Bonchev–Trinajstić information content (AvgIpc) is 2.56. The second-order valence-corrected chi connectivity index (χ2v) is 3.80. The summed E-state index contributed by atoms with van der Waals surface area (Å²) in [6.45, 7) is 6.65. The first-order valence-corrected chi connectivity index (χ1v) is 5.34. The lowest BCUT2D eigenvalue weighted by Crippen LogP contribution is -2.40. The Balaban J connectivity index is 1.92. The quantitative estimate of drug-likeness (QED) is 0.769. The van der Waals surface area contributed by atoms with Crippen LogP contribution in [0.5, 0.6) is 0 Å². The van der Waals surface area contributed by atoms with Crippen LogP contribution in [0.25, 0.3) is 0 Å². The molecular weight excluding hydrogens is 190 g/mol. The van der Waals surface area contributed by atoms with Crippen molar-refractivity contribution in [3.05, 3.63) is 23.2 Å². The number of aryl methyl sites for hydroxylation is 2. The van der Waals surface area contributed by atoms with E-state index in [0.29, 0.717) is 0 Å². The van der Waals surface area contributed by atoms with E-state index in [0.717, 1.165) is 43.5 Å². The van der Waals surface area contributed by atoms with Crippen molar-refractivity contribution >= 4 is 5.96 Å². The molecule has 15 heavy (non-hydrogen) atoms. The van der Waals surface area contributed by atoms with Gasteiger partial charge in [0, 0.05) is 25.2 Å². The third-order valence-corrected chi connectivity index (χ3v) is 2.49. The van der Waals surface area contributed by atoms with Crippen LogP contribution < -0.4 is 10.6 Å². The van der Waals surface area contributed by atoms with E-state index in [1.54, 1.807) is 0 Å². The van der Waals surface area contributed by atoms with Gasteiger partial charge >= 0.3 is 0 Å². The van der Waals surface area contributed by atoms with Gasteiger partial charge in [-0.25, -0.2) is 0 Å². The zero-order chi connectivity index (χ0) is 10.7. The minimum absolute atomic E-state index is 0.773. The van der Waals surface area contributed by atoms with Gasteiger partial charge in [-0.15, -0.1) is 0 Å². The first kappa shape index (κ1) is 10.1. The summed E-state index contributed by atoms with van der Waals surface area (Å²) in [5.74, 6) is 2.85. The maximum absolute atomic E-state index is 5.45. The fraction of sp³-hybridized carbons (Fsp3) is 0.545. The largest absolute Gasteiger partial charge is 0.466 e. The van der Waals surface area contributed by atoms with Crippen LogP contribution in [0.15, 0.2) is 15.5 Å². The molecular formula is C11H17N3O. The van der Waals surface area contributed by atoms with Gasteiger partial charge < -0.3 is 15.1 Å². The molecule has 82 valence electrons. The molecule has 0 radical (unpaired) electrons. The predicted molar refractivity (Wildman–Crippen MR) is 59.9 cm³/mol. The number of guanidine groups is 1. The monoisotopic (exact) mass is 207 g/mol. The lowest BCUT2D eigenvalue weighted by Gasteiger charge is -2.15. The summed E-state index contributed by atoms with van der Waals surface area (Å²) in [5.41, 5.74) is 1.20. The van der Waals surface area contributed by atoms with Crippen molar-refractivity contribution in [3.63, 3.8) is 0 Å². The highest BCUT2D eigenvalue weighted by Gasteiger charge is 2.07. The minimum Gasteiger partial charge on any atom is -0.466 e. The Morgan fingerprint density at radius 1 is 1.53 bits per heavy atom. The standard InChI is InChI=1S/C11H17N3O/c1-8-6-10(9(2)15-8)7-14-11-12-4-3-5-13-11/h6H,3-5,7H2,1-2H3,(H2,12,13,14). The van der Waals surface area contributed by atoms with Gasteiger partial charge in [0.1, 0.15) is 11.5 Å². The van der Waals surface area contributed by atoms with E-state index in [2.05, 4.69) is 21.7 Å². The highest BCUT2D eigenvalue weighted by Crippen LogP contribution is 2.12. The van der Waals surface area contributed by atoms with E-state index in [9.17, 15) is 0 Å². The molecule has 2 rings (SSSR count). The summed E-state index contributed by atoms with van der Waals surface area (Å²) in [6, 6.07) is 2.06. The Hall–Kier alpha value is -1.45. The number of hydrogen-bond acceptors (Lipinski definition) is 4. The minimum atomic E-state index is 0.773. The molecule has 0 atom stereocenters. The summed E-state index contributed by atoms with van der Waals surface area (Å²) in [5, 5.41) is 6.49. The molecule has 4 nitrogen and oxygen atoms in total. The van der Waals surface area contributed by atoms with Crippen molar-refractivity contribution in [1.29, 1.82) is 0 Å². The van der Waals surface area contributed by atoms with Crippen molar-refractivity contribution in [2.45, 2.75) is 26.8 Å². The van der Waals surface area contributed by atoms with Gasteiger partial charge in [-0.2, -0.15) is 0 Å². The topological polar surface area (TPSA) is 49.6 Å². The second kappa shape index (κ2) is 4.38. The molecule has 0 fully saturated rings. The van der Waals surface area contributed by atoms with Crippen molar-refractivity contribution in [1.82, 2.24) is 10.6 Å². The van der Waals surface area contributed by atoms with Crippen molar-refractivity contribution in [2.75, 3.05) is 13.1 Å². The van der Waals surface area contributed by atoms with E-state index in [-0.39, 0.29) is 0 Å². The fourth-order valence-electron chi connectivity index (χ4n) is 1.69. The fourth-order valence-corrected chi connectivity index (χ4v) is 1.69. The van der Waals surface area contributed by atoms with Crippen molar-refractivity contribution in [2.24, 2.45) is 4.99 Å². The molecule has 4 heteroatoms. The molecule has 0 spiro atoms. The van der Waals surface area contributed by atoms with Gasteiger partial charge in [-0.3, -0.25) is 4.99 Å². The molecule has 1 aromatic heterocycles. The predicted octanol–water partition coefficient (Wildman–Crippen LogP) is 1.34. The van der Waals surface area contributed by atoms with E-state index in [1.165, 1.54) is 5.56 Å². The Morgan fingerprint density at radius 3 is 3.00 bits per heavy atom. The van der Waals surface area contributed by atoms with Crippen LogP contribution in [0.2, 0.25) is 0 Å². The van der Waals surface area contributed by atoms with Gasteiger partial charge in [0.15, 0.2) is 5.96 Å². The molecule has 1 aromatic rings. The Morgan fingerprint density at radius 2 is 2.40 bits per heavy atom. The lowest BCUT2D eigenvalue weighted by atomic mass is 10.2. The second-order valence-electron chi connectivity index (χ2n) is 3.80. The van der Waals surface area contributed by atoms with Crippen LogP contribution in [-0.2, 0) is 6.54 Å². The number of rotatable bonds is 2. The smallest absolute Gasteiger partial charge is 0.191 e. The zero-order valence-corrected chi connectivity index (χ0v) is 9.26. The van der Waals surface area contributed by atoms with Crippen LogP contribution in [0.1, 0.15) is 23.5 Å². The Labute approximate surface area is 89.8 Å². The van der Waals surface area contributed by atoms with Gasteiger partial charge in [-0.05, 0) is 26.3 Å². The normalized spacial score (nSPS) is 15.7. The molecule has 0 bridgehead atoms. The lowest BCUT2D eigenvalue weighted by molar-refractivity contribution is 0.500. The summed E-state index contributed by atoms with van der Waals surface area (Å²) >= 11 is 0. The highest BCUT2D eigenvalue weighted by atomic mass is 16.3. The summed E-state index contributed by atoms with van der Waals surface area (Å²) in [6.07, 6.45) is 1.12. The van der Waals surface area contributed by atoms with Crippen LogP contribution >= 0.6 is 0 Å². The maximum atomic E-state index is 5.45. The summed E-state index contributed by atoms with van der Waals surface area (Å²) < 4.78 is 5.45. The third kappa shape index (κ3) is 2.52.